The first kappa shape index (κ1) is 45.8. The molecule has 350 valence electrons. The number of hydrogen-bond donors (Lipinski definition) is 0. The van der Waals surface area contributed by atoms with E-state index in [2.05, 4.69) is 19.4 Å². The lowest BCUT2D eigenvalue weighted by Gasteiger charge is -2.28. The molecule has 3 aromatic carbocycles. The molecule has 4 aliphatic rings. The zero-order valence-corrected chi connectivity index (χ0v) is 38.1. The van der Waals surface area contributed by atoms with Crippen molar-refractivity contribution in [3.05, 3.63) is 106 Å². The number of carbonyl (C=O) groups is 2. The summed E-state index contributed by atoms with van der Waals surface area (Å²) >= 11 is 6.02. The third kappa shape index (κ3) is 9.20. The van der Waals surface area contributed by atoms with Gasteiger partial charge in [0.15, 0.2) is 0 Å². The van der Waals surface area contributed by atoms with E-state index in [0.29, 0.717) is 59.0 Å². The monoisotopic (exact) mass is 939 g/mol. The molecular weight excluding hydrogens is 892 g/mol. The fraction of sp³-hybridized carbons (Fsp3) is 0.417. The molecule has 6 heterocycles. The molecule has 0 radical (unpaired) electrons. The Morgan fingerprint density at radius 2 is 1.34 bits per heavy atom. The van der Waals surface area contributed by atoms with E-state index in [0.717, 1.165) is 67.9 Å². The second-order valence-corrected chi connectivity index (χ2v) is 17.1. The summed E-state index contributed by atoms with van der Waals surface area (Å²) < 4.78 is 71.0. The number of rotatable bonds is 15. The van der Waals surface area contributed by atoms with E-state index in [4.69, 9.17) is 55.0 Å². The number of ether oxygens (including phenoxy) is 7. The number of nitriles is 1. The molecule has 4 fully saturated rings. The molecule has 67 heavy (non-hydrogen) atoms. The van der Waals surface area contributed by atoms with Crippen LogP contribution in [0.5, 0.6) is 17.4 Å². The fourth-order valence-corrected chi connectivity index (χ4v) is 9.35. The van der Waals surface area contributed by atoms with Gasteiger partial charge >= 0.3 is 11.9 Å². The average Bonchev–Trinajstić information content (AvgIpc) is 3.57. The first-order valence-corrected chi connectivity index (χ1v) is 22.4. The Morgan fingerprint density at radius 3 is 1.84 bits per heavy atom. The first-order chi connectivity index (χ1) is 32.5. The van der Waals surface area contributed by atoms with Crippen LogP contribution < -0.4 is 14.2 Å². The molecular formula is C48H48ClF2N7O9. The number of hydrogen-bond acceptors (Lipinski definition) is 14. The topological polar surface area (TPSA) is 174 Å². The van der Waals surface area contributed by atoms with Gasteiger partial charge in [0.2, 0.25) is 5.88 Å². The highest BCUT2D eigenvalue weighted by molar-refractivity contribution is 6.17. The summed E-state index contributed by atoms with van der Waals surface area (Å²) in [7, 11) is 5.79. The smallest absolute Gasteiger partial charge is 0.338 e. The predicted octanol–water partition coefficient (Wildman–Crippen LogP) is 6.95. The Kier molecular flexibility index (Phi) is 13.3. The van der Waals surface area contributed by atoms with Crippen LogP contribution in [0.4, 0.5) is 8.78 Å². The van der Waals surface area contributed by atoms with Gasteiger partial charge in [-0.05, 0) is 67.1 Å². The van der Waals surface area contributed by atoms with Crippen molar-refractivity contribution in [2.24, 2.45) is 11.8 Å². The van der Waals surface area contributed by atoms with Gasteiger partial charge in [-0.25, -0.2) is 33.3 Å². The van der Waals surface area contributed by atoms with Gasteiger partial charge in [0, 0.05) is 43.9 Å². The molecule has 5 atom stereocenters. The van der Waals surface area contributed by atoms with E-state index in [-0.39, 0.29) is 65.3 Å². The predicted molar refractivity (Wildman–Crippen MR) is 238 cm³/mol. The van der Waals surface area contributed by atoms with Crippen LogP contribution in [0, 0.1) is 34.8 Å². The number of methoxy groups -OCH3 is 4. The van der Waals surface area contributed by atoms with Crippen LogP contribution in [-0.4, -0.2) is 108 Å². The molecule has 0 N–H and O–H groups in total. The summed E-state index contributed by atoms with van der Waals surface area (Å²) in [6.45, 7) is 4.78. The van der Waals surface area contributed by atoms with E-state index < -0.39 is 17.8 Å². The van der Waals surface area contributed by atoms with Crippen LogP contribution in [0.25, 0.3) is 22.1 Å². The molecule has 10 rings (SSSR count). The van der Waals surface area contributed by atoms with Gasteiger partial charge in [-0.1, -0.05) is 6.07 Å². The highest BCUT2D eigenvalue weighted by Crippen LogP contribution is 2.58. The number of aromatic nitrogens is 5. The molecule has 0 bridgehead atoms. The maximum Gasteiger partial charge on any atom is 0.338 e. The van der Waals surface area contributed by atoms with Crippen molar-refractivity contribution >= 4 is 45.6 Å². The first-order valence-electron chi connectivity index (χ1n) is 21.8. The Balaban J connectivity index is 0.000000214. The van der Waals surface area contributed by atoms with Crippen molar-refractivity contribution in [1.29, 1.82) is 5.26 Å². The molecule has 1 aliphatic carbocycles. The maximum atomic E-state index is 14.9. The van der Waals surface area contributed by atoms with Gasteiger partial charge in [-0.2, -0.15) is 5.26 Å². The van der Waals surface area contributed by atoms with Gasteiger partial charge in [0.1, 0.15) is 52.4 Å². The van der Waals surface area contributed by atoms with Gasteiger partial charge < -0.3 is 42.3 Å². The normalized spacial score (nSPS) is 20.5. The summed E-state index contributed by atoms with van der Waals surface area (Å²) in [4.78, 5) is 40.5. The van der Waals surface area contributed by atoms with Gasteiger partial charge in [-0.15, -0.1) is 11.6 Å². The fourth-order valence-electron chi connectivity index (χ4n) is 9.14. The third-order valence-electron chi connectivity index (χ3n) is 12.9. The second kappa shape index (κ2) is 19.4. The maximum absolute atomic E-state index is 14.9. The number of benzene rings is 3. The van der Waals surface area contributed by atoms with Crippen molar-refractivity contribution in [2.75, 3.05) is 54.7 Å². The summed E-state index contributed by atoms with van der Waals surface area (Å²) in [6, 6.07) is 15.7. The number of pyridine rings is 1. The van der Waals surface area contributed by atoms with Crippen molar-refractivity contribution < 1.29 is 51.5 Å². The lowest BCUT2D eigenvalue weighted by atomic mass is 10.1. The van der Waals surface area contributed by atoms with Crippen LogP contribution in [0.2, 0.25) is 0 Å². The number of likely N-dealkylation sites (tertiary alicyclic amines) is 1. The summed E-state index contributed by atoms with van der Waals surface area (Å²) in [5, 5.41) is 8.95. The van der Waals surface area contributed by atoms with E-state index in [1.165, 1.54) is 38.5 Å². The number of piperidine rings is 1. The quantitative estimate of drug-likeness (QED) is 0.0764. The second-order valence-electron chi connectivity index (χ2n) is 16.8. The van der Waals surface area contributed by atoms with Gasteiger partial charge in [-0.3, -0.25) is 4.90 Å². The number of imidazole rings is 2. The van der Waals surface area contributed by atoms with E-state index in [9.17, 15) is 18.4 Å². The molecule has 19 heteroatoms. The zero-order chi connectivity index (χ0) is 46.9. The summed E-state index contributed by atoms with van der Waals surface area (Å²) in [5.41, 5.74) is 4.63. The Hall–Kier alpha value is -6.39. The Bertz CT molecular complexity index is 2880. The van der Waals surface area contributed by atoms with Crippen LogP contribution in [0.1, 0.15) is 67.9 Å². The number of esters is 2. The molecule has 3 saturated heterocycles. The number of fused-ring (bicyclic) bond motifs is 3. The molecule has 0 spiro atoms. The van der Waals surface area contributed by atoms with Crippen molar-refractivity contribution in [3.8, 4) is 23.4 Å². The Morgan fingerprint density at radius 1 is 0.776 bits per heavy atom. The lowest BCUT2D eigenvalue weighted by Crippen LogP contribution is -2.33. The van der Waals surface area contributed by atoms with Crippen LogP contribution in [0.3, 0.4) is 0 Å². The van der Waals surface area contributed by atoms with Gasteiger partial charge in [0.25, 0.3) is 0 Å². The number of halogens is 3. The summed E-state index contributed by atoms with van der Waals surface area (Å²) in [6.07, 6.45) is 2.19. The van der Waals surface area contributed by atoms with Crippen LogP contribution >= 0.6 is 11.6 Å². The minimum Gasteiger partial charge on any atom is -0.494 e. The SMILES string of the molecule is COC(=O)c1cc(OC)c2nc(CCl)n(C[C@@H]3CCO3)c2c1.COC(=O)c1cc(OC)c2nc(CN3C[C@@H]4C(c5nc(OCc6ccc(C#N)cc6F)ccc5F)[C@@H]4C3)n(C[C@@H]3CCO3)c2c1. The standard InChI is InChI=1S/C33H31F2N5O5.C15H17ClN2O4/c1-42-27-11-20(33(41)43-2)10-26-32(27)37-28(40(26)13-21-7-8-44-21)16-39-14-22-23(15-39)30(22)31-24(34)5-6-29(38-31)45-17-19-4-3-18(12-36)9-25(19)35;1-20-12-6-9(15(19)21-2)5-11-14(12)17-13(7-16)18(11)8-10-3-4-22-10/h3-6,9-11,21-23,30H,7-8,13-17H2,1-2H3;5-6,10H,3-4,7-8H2,1-2H3/t21-,22-,23+,30?;10-/m00/s1. The number of nitrogens with zero attached hydrogens (tertiary/aromatic N) is 7. The van der Waals surface area contributed by atoms with E-state index in [1.807, 2.05) is 10.6 Å². The minimum atomic E-state index is -0.538. The van der Waals surface area contributed by atoms with Crippen molar-refractivity contribution in [1.82, 2.24) is 29.0 Å². The van der Waals surface area contributed by atoms with Crippen LogP contribution in [-0.2, 0) is 51.1 Å². The van der Waals surface area contributed by atoms with E-state index in [1.54, 1.807) is 38.5 Å². The highest BCUT2D eigenvalue weighted by Gasteiger charge is 2.58. The molecule has 3 aromatic heterocycles. The third-order valence-corrected chi connectivity index (χ3v) is 13.2. The lowest BCUT2D eigenvalue weighted by molar-refractivity contribution is -0.0592. The molecule has 1 unspecified atom stereocenters. The number of carbonyl (C=O) groups excluding carboxylic acids is 2. The molecule has 6 aromatic rings. The zero-order valence-electron chi connectivity index (χ0n) is 37.3. The molecule has 0 amide bonds. The van der Waals surface area contributed by atoms with Crippen molar-refractivity contribution in [3.63, 3.8) is 0 Å². The van der Waals surface area contributed by atoms with Crippen LogP contribution in [0.15, 0.2) is 54.6 Å². The number of alkyl halides is 1. The van der Waals surface area contributed by atoms with Crippen molar-refractivity contribution in [2.45, 2.75) is 63.1 Å². The molecule has 1 saturated carbocycles. The molecule has 16 nitrogen and oxygen atoms in total. The highest BCUT2D eigenvalue weighted by atomic mass is 35.5. The van der Waals surface area contributed by atoms with Gasteiger partial charge in [0.05, 0.1) is 106 Å². The molecule has 3 aliphatic heterocycles. The Labute approximate surface area is 389 Å². The summed E-state index contributed by atoms with van der Waals surface area (Å²) in [5.74, 6) is 1.77. The van der Waals surface area contributed by atoms with E-state index >= 15 is 0 Å². The largest absolute Gasteiger partial charge is 0.494 e. The minimum absolute atomic E-state index is 0.0265. The average molecular weight is 940 g/mol.